The molecule has 0 saturated carbocycles. The highest BCUT2D eigenvalue weighted by atomic mass is 16.5. The lowest BCUT2D eigenvalue weighted by molar-refractivity contribution is 0.0978. The Bertz CT molecular complexity index is 1390. The molecule has 0 saturated heterocycles. The highest BCUT2D eigenvalue weighted by Crippen LogP contribution is 2.28. The minimum atomic E-state index is 0.106. The molecule has 0 spiro atoms. The van der Waals surface area contributed by atoms with Gasteiger partial charge in [0.15, 0.2) is 17.3 Å². The molecule has 4 rings (SSSR count). The first-order valence-electron chi connectivity index (χ1n) is 12.2. The monoisotopic (exact) mass is 478 g/mol. The molecule has 4 aromatic rings. The molecule has 0 aliphatic carbocycles. The first kappa shape index (κ1) is 24.9. The zero-order valence-electron chi connectivity index (χ0n) is 20.8. The van der Waals surface area contributed by atoms with Crippen LogP contribution < -0.4 is 14.2 Å². The van der Waals surface area contributed by atoms with Crippen LogP contribution in [-0.2, 0) is 0 Å². The molecule has 182 valence electrons. The van der Waals surface area contributed by atoms with Crippen LogP contribution in [0.3, 0.4) is 0 Å². The summed E-state index contributed by atoms with van der Waals surface area (Å²) < 4.78 is 16.5. The van der Waals surface area contributed by atoms with Crippen LogP contribution in [0.15, 0.2) is 84.9 Å². The molecule has 0 atom stereocenters. The number of hydrogen-bond donors (Lipinski definition) is 0. The Balaban J connectivity index is 1.24. The predicted octanol–water partition coefficient (Wildman–Crippen LogP) is 7.08. The van der Waals surface area contributed by atoms with Gasteiger partial charge in [-0.3, -0.25) is 4.79 Å². The van der Waals surface area contributed by atoms with Crippen LogP contribution in [0, 0.1) is 11.8 Å². The standard InChI is InChI=1S/C32H30O4/c1-34-31-20-19-27(23-32(31)35-2)30(33)16-4-3-7-21-36-28-14-8-10-24(22-28)17-18-26-13-9-12-25-11-5-6-15-29(25)26/h5-6,8-15,19-20,22-23H,3-4,7,16,21H2,1-2H3. The Morgan fingerprint density at radius 1 is 0.750 bits per heavy atom. The number of ether oxygens (including phenoxy) is 3. The second kappa shape index (κ2) is 12.5. The van der Waals surface area contributed by atoms with E-state index >= 15 is 0 Å². The number of carbonyl (C=O) groups excluding carboxylic acids is 1. The van der Waals surface area contributed by atoms with E-state index in [4.69, 9.17) is 14.2 Å². The summed E-state index contributed by atoms with van der Waals surface area (Å²) >= 11 is 0. The van der Waals surface area contributed by atoms with E-state index in [1.165, 1.54) is 5.39 Å². The topological polar surface area (TPSA) is 44.8 Å². The van der Waals surface area contributed by atoms with Crippen LogP contribution in [0.5, 0.6) is 17.2 Å². The van der Waals surface area contributed by atoms with Crippen molar-refractivity contribution >= 4 is 16.6 Å². The summed E-state index contributed by atoms with van der Waals surface area (Å²) in [5, 5.41) is 2.34. The minimum Gasteiger partial charge on any atom is -0.494 e. The number of ketones is 1. The van der Waals surface area contributed by atoms with Gasteiger partial charge in [0.25, 0.3) is 0 Å². The molecule has 0 unspecified atom stereocenters. The number of methoxy groups -OCH3 is 2. The number of carbonyl (C=O) groups is 1. The first-order chi connectivity index (χ1) is 17.7. The second-order valence-corrected chi connectivity index (χ2v) is 8.46. The van der Waals surface area contributed by atoms with E-state index in [0.29, 0.717) is 30.1 Å². The number of hydrogen-bond acceptors (Lipinski definition) is 4. The van der Waals surface area contributed by atoms with E-state index in [-0.39, 0.29) is 5.78 Å². The van der Waals surface area contributed by atoms with Crippen molar-refractivity contribution in [1.29, 1.82) is 0 Å². The molecule has 4 nitrogen and oxygen atoms in total. The third-order valence-electron chi connectivity index (χ3n) is 5.99. The van der Waals surface area contributed by atoms with Gasteiger partial charge in [-0.15, -0.1) is 0 Å². The van der Waals surface area contributed by atoms with Gasteiger partial charge in [-0.2, -0.15) is 0 Å². The SMILES string of the molecule is COc1ccc(C(=O)CCCCCOc2cccc(C#Cc3cccc4ccccc34)c2)cc1OC. The highest BCUT2D eigenvalue weighted by Gasteiger charge is 2.10. The van der Waals surface area contributed by atoms with Gasteiger partial charge in [-0.25, -0.2) is 0 Å². The van der Waals surface area contributed by atoms with Crippen LogP contribution in [-0.4, -0.2) is 26.6 Å². The molecule has 0 radical (unpaired) electrons. The van der Waals surface area contributed by atoms with Gasteiger partial charge < -0.3 is 14.2 Å². The molecule has 36 heavy (non-hydrogen) atoms. The Morgan fingerprint density at radius 2 is 1.56 bits per heavy atom. The normalized spacial score (nSPS) is 10.4. The summed E-state index contributed by atoms with van der Waals surface area (Å²) in [4.78, 5) is 12.5. The van der Waals surface area contributed by atoms with Crippen molar-refractivity contribution in [2.75, 3.05) is 20.8 Å². The molecule has 0 aliphatic heterocycles. The number of rotatable bonds is 10. The summed E-state index contributed by atoms with van der Waals surface area (Å²) in [7, 11) is 3.15. The number of unbranched alkanes of at least 4 members (excludes halogenated alkanes) is 2. The smallest absolute Gasteiger partial charge is 0.163 e. The zero-order chi connectivity index (χ0) is 25.2. The minimum absolute atomic E-state index is 0.106. The summed E-state index contributed by atoms with van der Waals surface area (Å²) in [5.74, 6) is 8.67. The van der Waals surface area contributed by atoms with Gasteiger partial charge >= 0.3 is 0 Å². The van der Waals surface area contributed by atoms with Crippen molar-refractivity contribution in [1.82, 2.24) is 0 Å². The lowest BCUT2D eigenvalue weighted by Crippen LogP contribution is -2.02. The summed E-state index contributed by atoms with van der Waals surface area (Å²) in [6.07, 6.45) is 3.10. The fourth-order valence-electron chi connectivity index (χ4n) is 4.05. The van der Waals surface area contributed by atoms with Gasteiger partial charge in [-0.05, 0) is 72.5 Å². The van der Waals surface area contributed by atoms with Crippen LogP contribution >= 0.6 is 0 Å². The van der Waals surface area contributed by atoms with Crippen molar-refractivity contribution < 1.29 is 19.0 Å². The molecule has 0 amide bonds. The predicted molar refractivity (Wildman–Crippen MR) is 144 cm³/mol. The van der Waals surface area contributed by atoms with Crippen LogP contribution in [0.1, 0.15) is 47.2 Å². The molecule has 0 N–H and O–H groups in total. The van der Waals surface area contributed by atoms with E-state index < -0.39 is 0 Å². The van der Waals surface area contributed by atoms with Crippen molar-refractivity contribution in [2.24, 2.45) is 0 Å². The Hall–Kier alpha value is -4.23. The summed E-state index contributed by atoms with van der Waals surface area (Å²) in [5.41, 5.74) is 2.58. The van der Waals surface area contributed by atoms with Crippen molar-refractivity contribution in [3.05, 3.63) is 102 Å². The molecule has 4 heteroatoms. The maximum atomic E-state index is 12.5. The van der Waals surface area contributed by atoms with Gasteiger partial charge in [0.05, 0.1) is 20.8 Å². The van der Waals surface area contributed by atoms with Crippen LogP contribution in [0.4, 0.5) is 0 Å². The lowest BCUT2D eigenvalue weighted by atomic mass is 10.0. The largest absolute Gasteiger partial charge is 0.494 e. The van der Waals surface area contributed by atoms with E-state index in [0.717, 1.165) is 41.5 Å². The maximum Gasteiger partial charge on any atom is 0.163 e. The van der Waals surface area contributed by atoms with E-state index in [1.54, 1.807) is 32.4 Å². The van der Waals surface area contributed by atoms with E-state index in [1.807, 2.05) is 48.5 Å². The molecule has 0 heterocycles. The Kier molecular flexibility index (Phi) is 8.62. The fourth-order valence-corrected chi connectivity index (χ4v) is 4.05. The van der Waals surface area contributed by atoms with Crippen LogP contribution in [0.2, 0.25) is 0 Å². The lowest BCUT2D eigenvalue weighted by Gasteiger charge is -2.09. The summed E-state index contributed by atoms with van der Waals surface area (Å²) in [6.45, 7) is 0.602. The summed E-state index contributed by atoms with van der Waals surface area (Å²) in [6, 6.07) is 27.6. The first-order valence-corrected chi connectivity index (χ1v) is 12.2. The number of benzene rings is 4. The number of Topliss-reactive ketones (excluding diaryl/α,β-unsaturated/α-hetero) is 1. The average Bonchev–Trinajstić information content (AvgIpc) is 2.93. The van der Waals surface area contributed by atoms with Gasteiger partial charge in [0.1, 0.15) is 5.75 Å². The molecule has 0 fully saturated rings. The van der Waals surface area contributed by atoms with Crippen molar-refractivity contribution in [3.8, 4) is 29.1 Å². The fraction of sp³-hybridized carbons (Fsp3) is 0.219. The average molecular weight is 479 g/mol. The van der Waals surface area contributed by atoms with Gasteiger partial charge in [-0.1, -0.05) is 54.3 Å². The highest BCUT2D eigenvalue weighted by molar-refractivity contribution is 5.96. The maximum absolute atomic E-state index is 12.5. The van der Waals surface area contributed by atoms with E-state index in [2.05, 4.69) is 30.0 Å². The third kappa shape index (κ3) is 6.46. The van der Waals surface area contributed by atoms with Gasteiger partial charge in [0, 0.05) is 23.1 Å². The van der Waals surface area contributed by atoms with Crippen molar-refractivity contribution in [3.63, 3.8) is 0 Å². The van der Waals surface area contributed by atoms with Gasteiger partial charge in [0.2, 0.25) is 0 Å². The zero-order valence-corrected chi connectivity index (χ0v) is 20.8. The Labute approximate surface area is 212 Å². The quantitative estimate of drug-likeness (QED) is 0.139. The molecule has 4 aromatic carbocycles. The molecular formula is C32H30O4. The molecule has 0 bridgehead atoms. The van der Waals surface area contributed by atoms with Crippen LogP contribution in [0.25, 0.3) is 10.8 Å². The van der Waals surface area contributed by atoms with Crippen molar-refractivity contribution in [2.45, 2.75) is 25.7 Å². The molecular weight excluding hydrogens is 448 g/mol. The Morgan fingerprint density at radius 3 is 2.42 bits per heavy atom. The number of fused-ring (bicyclic) bond motifs is 1. The molecule has 0 aromatic heterocycles. The third-order valence-corrected chi connectivity index (χ3v) is 5.99. The molecule has 0 aliphatic rings. The second-order valence-electron chi connectivity index (χ2n) is 8.46. The van der Waals surface area contributed by atoms with E-state index in [9.17, 15) is 4.79 Å².